The molecule has 3 aromatic heterocycles. The quantitative estimate of drug-likeness (QED) is 0.703. The summed E-state index contributed by atoms with van der Waals surface area (Å²) in [6, 6.07) is 6.17. The van der Waals surface area contributed by atoms with Crippen LogP contribution in [0.2, 0.25) is 0 Å². The van der Waals surface area contributed by atoms with E-state index in [1.807, 2.05) is 12.1 Å². The van der Waals surface area contributed by atoms with Gasteiger partial charge in [-0.2, -0.15) is 18.3 Å². The van der Waals surface area contributed by atoms with Crippen molar-refractivity contribution in [3.63, 3.8) is 0 Å². The zero-order valence-electron chi connectivity index (χ0n) is 13.7. The van der Waals surface area contributed by atoms with E-state index in [9.17, 15) is 18.0 Å². The van der Waals surface area contributed by atoms with Crippen molar-refractivity contribution >= 4 is 11.6 Å². The van der Waals surface area contributed by atoms with Crippen molar-refractivity contribution < 1.29 is 18.0 Å². The van der Waals surface area contributed by atoms with Gasteiger partial charge in [0.2, 0.25) is 0 Å². The summed E-state index contributed by atoms with van der Waals surface area (Å²) in [5.41, 5.74) is 0.0842. The second-order valence-corrected chi connectivity index (χ2v) is 6.32. The number of piperidine rings is 1. The SMILES string of the molecule is O=C(c1cn2ccccc2n1)N1CCCC(n2ccc(C(F)(F)F)n2)C1. The van der Waals surface area contributed by atoms with E-state index in [2.05, 4.69) is 10.1 Å². The number of fused-ring (bicyclic) bond motifs is 1. The number of hydrogen-bond donors (Lipinski definition) is 0. The first-order chi connectivity index (χ1) is 12.4. The Labute approximate surface area is 146 Å². The smallest absolute Gasteiger partial charge is 0.335 e. The van der Waals surface area contributed by atoms with Gasteiger partial charge in [0, 0.05) is 31.7 Å². The van der Waals surface area contributed by atoms with Crippen molar-refractivity contribution in [1.29, 1.82) is 0 Å². The number of likely N-dealkylation sites (tertiary alicyclic amines) is 1. The lowest BCUT2D eigenvalue weighted by atomic mass is 10.1. The molecule has 6 nitrogen and oxygen atoms in total. The summed E-state index contributed by atoms with van der Waals surface area (Å²) < 4.78 is 41.3. The first-order valence-electron chi connectivity index (χ1n) is 8.27. The highest BCUT2D eigenvalue weighted by atomic mass is 19.4. The number of hydrogen-bond acceptors (Lipinski definition) is 3. The molecule has 0 saturated carbocycles. The standard InChI is InChI=1S/C17H16F3N5O/c18-17(19,20)14-6-9-25(22-14)12-4-3-8-24(10-12)16(26)13-11-23-7-2-1-5-15(23)21-13/h1-2,5-7,9,11-12H,3-4,8,10H2. The number of amides is 1. The third kappa shape index (κ3) is 3.04. The Hall–Kier alpha value is -2.84. The summed E-state index contributed by atoms with van der Waals surface area (Å²) in [4.78, 5) is 18.7. The fourth-order valence-corrected chi connectivity index (χ4v) is 3.25. The Kier molecular flexibility index (Phi) is 3.93. The van der Waals surface area contributed by atoms with Crippen LogP contribution in [0.5, 0.6) is 0 Å². The number of carbonyl (C=O) groups is 1. The number of imidazole rings is 1. The van der Waals surface area contributed by atoms with E-state index < -0.39 is 11.9 Å². The van der Waals surface area contributed by atoms with Crippen LogP contribution in [0.3, 0.4) is 0 Å². The van der Waals surface area contributed by atoms with Crippen LogP contribution >= 0.6 is 0 Å². The van der Waals surface area contributed by atoms with Gasteiger partial charge in [-0.3, -0.25) is 9.48 Å². The maximum absolute atomic E-state index is 12.8. The summed E-state index contributed by atoms with van der Waals surface area (Å²) in [5, 5.41) is 3.64. The van der Waals surface area contributed by atoms with E-state index in [-0.39, 0.29) is 11.9 Å². The lowest BCUT2D eigenvalue weighted by molar-refractivity contribution is -0.141. The lowest BCUT2D eigenvalue weighted by Gasteiger charge is -2.32. The molecule has 4 rings (SSSR count). The molecule has 3 aromatic rings. The summed E-state index contributed by atoms with van der Waals surface area (Å²) in [6.45, 7) is 0.863. The van der Waals surface area contributed by atoms with Crippen LogP contribution < -0.4 is 0 Å². The highest BCUT2D eigenvalue weighted by Gasteiger charge is 2.35. The van der Waals surface area contributed by atoms with E-state index in [0.29, 0.717) is 37.3 Å². The van der Waals surface area contributed by atoms with Crippen LogP contribution in [-0.2, 0) is 6.18 Å². The van der Waals surface area contributed by atoms with Gasteiger partial charge in [-0.1, -0.05) is 6.07 Å². The summed E-state index contributed by atoms with van der Waals surface area (Å²) in [6.07, 6.45) is 1.70. The number of pyridine rings is 1. The fourth-order valence-electron chi connectivity index (χ4n) is 3.25. The van der Waals surface area contributed by atoms with Gasteiger partial charge in [-0.05, 0) is 31.0 Å². The molecule has 1 amide bonds. The third-order valence-corrected chi connectivity index (χ3v) is 4.54. The zero-order chi connectivity index (χ0) is 18.3. The number of rotatable bonds is 2. The Bertz CT molecular complexity index is 912. The Morgan fingerprint density at radius 2 is 2.04 bits per heavy atom. The molecule has 136 valence electrons. The first-order valence-corrected chi connectivity index (χ1v) is 8.27. The molecule has 0 aromatic carbocycles. The van der Waals surface area contributed by atoms with Crippen LogP contribution in [0.4, 0.5) is 13.2 Å². The molecule has 1 atom stereocenters. The topological polar surface area (TPSA) is 55.4 Å². The Morgan fingerprint density at radius 1 is 1.19 bits per heavy atom. The second kappa shape index (κ2) is 6.15. The number of alkyl halides is 3. The average Bonchev–Trinajstić information content (AvgIpc) is 3.28. The van der Waals surface area contributed by atoms with Gasteiger partial charge < -0.3 is 9.30 Å². The summed E-state index contributed by atoms with van der Waals surface area (Å²) in [7, 11) is 0. The molecule has 9 heteroatoms. The Morgan fingerprint density at radius 3 is 2.77 bits per heavy atom. The number of halogens is 3. The van der Waals surface area contributed by atoms with Crippen molar-refractivity contribution in [2.24, 2.45) is 0 Å². The molecule has 0 N–H and O–H groups in total. The summed E-state index contributed by atoms with van der Waals surface area (Å²) in [5.74, 6) is -0.221. The maximum Gasteiger partial charge on any atom is 0.435 e. The van der Waals surface area contributed by atoms with Crippen LogP contribution in [0.25, 0.3) is 5.65 Å². The molecule has 0 radical (unpaired) electrons. The molecular formula is C17H16F3N5O. The highest BCUT2D eigenvalue weighted by molar-refractivity contribution is 5.93. The minimum atomic E-state index is -4.47. The normalized spacial score (nSPS) is 18.4. The molecule has 1 aliphatic rings. The Balaban J connectivity index is 1.52. The van der Waals surface area contributed by atoms with Crippen LogP contribution in [-0.4, -0.2) is 43.1 Å². The van der Waals surface area contributed by atoms with Crippen molar-refractivity contribution in [3.8, 4) is 0 Å². The van der Waals surface area contributed by atoms with Crippen molar-refractivity contribution in [3.05, 3.63) is 54.2 Å². The second-order valence-electron chi connectivity index (χ2n) is 6.32. The average molecular weight is 363 g/mol. The predicted molar refractivity (Wildman–Crippen MR) is 86.6 cm³/mol. The van der Waals surface area contributed by atoms with Crippen LogP contribution in [0.15, 0.2) is 42.9 Å². The molecule has 1 fully saturated rings. The van der Waals surface area contributed by atoms with E-state index in [1.54, 1.807) is 27.8 Å². The van der Waals surface area contributed by atoms with Gasteiger partial charge in [0.25, 0.3) is 5.91 Å². The highest BCUT2D eigenvalue weighted by Crippen LogP contribution is 2.29. The molecule has 0 bridgehead atoms. The van der Waals surface area contributed by atoms with E-state index in [1.165, 1.54) is 10.9 Å². The van der Waals surface area contributed by atoms with Crippen molar-refractivity contribution in [2.45, 2.75) is 25.1 Å². The van der Waals surface area contributed by atoms with E-state index >= 15 is 0 Å². The molecule has 0 spiro atoms. The molecule has 4 heterocycles. The van der Waals surface area contributed by atoms with Gasteiger partial charge in [-0.25, -0.2) is 4.98 Å². The van der Waals surface area contributed by atoms with E-state index in [4.69, 9.17) is 0 Å². The molecule has 1 aliphatic heterocycles. The molecular weight excluding hydrogens is 347 g/mol. The number of carbonyl (C=O) groups excluding carboxylic acids is 1. The first kappa shape index (κ1) is 16.6. The molecule has 0 aliphatic carbocycles. The third-order valence-electron chi connectivity index (χ3n) is 4.54. The minimum Gasteiger partial charge on any atom is -0.335 e. The fraction of sp³-hybridized carbons (Fsp3) is 0.353. The van der Waals surface area contributed by atoms with Gasteiger partial charge in [0.15, 0.2) is 5.69 Å². The largest absolute Gasteiger partial charge is 0.435 e. The molecule has 26 heavy (non-hydrogen) atoms. The molecule has 1 saturated heterocycles. The van der Waals surface area contributed by atoms with E-state index in [0.717, 1.165) is 6.07 Å². The maximum atomic E-state index is 12.8. The van der Waals surface area contributed by atoms with Gasteiger partial charge in [0.1, 0.15) is 11.3 Å². The van der Waals surface area contributed by atoms with Crippen LogP contribution in [0, 0.1) is 0 Å². The zero-order valence-corrected chi connectivity index (χ0v) is 13.7. The van der Waals surface area contributed by atoms with Crippen LogP contribution in [0.1, 0.15) is 35.1 Å². The van der Waals surface area contributed by atoms with Gasteiger partial charge >= 0.3 is 6.18 Å². The monoisotopic (exact) mass is 363 g/mol. The van der Waals surface area contributed by atoms with Crippen molar-refractivity contribution in [1.82, 2.24) is 24.1 Å². The molecule has 1 unspecified atom stereocenters. The van der Waals surface area contributed by atoms with Gasteiger partial charge in [0.05, 0.1) is 6.04 Å². The van der Waals surface area contributed by atoms with Crippen molar-refractivity contribution in [2.75, 3.05) is 13.1 Å². The number of nitrogens with zero attached hydrogens (tertiary/aromatic N) is 5. The summed E-state index contributed by atoms with van der Waals surface area (Å²) >= 11 is 0. The van der Waals surface area contributed by atoms with Gasteiger partial charge in [-0.15, -0.1) is 0 Å². The predicted octanol–water partition coefficient (Wildman–Crippen LogP) is 3.03. The minimum absolute atomic E-state index is 0.221. The number of aromatic nitrogens is 4. The lowest BCUT2D eigenvalue weighted by Crippen LogP contribution is -2.41.